The van der Waals surface area contributed by atoms with Gasteiger partial charge in [0.2, 0.25) is 0 Å². The maximum absolute atomic E-state index is 12.0. The molecule has 1 unspecified atom stereocenters. The average Bonchev–Trinajstić information content (AvgIpc) is 3.00. The summed E-state index contributed by atoms with van der Waals surface area (Å²) in [5.41, 5.74) is 6.97. The number of hydrogen-bond donors (Lipinski definition) is 1. The quantitative estimate of drug-likeness (QED) is 0.878. The molecule has 2 N–H and O–H groups in total. The van der Waals surface area contributed by atoms with Gasteiger partial charge in [0.05, 0.1) is 0 Å². The van der Waals surface area contributed by atoms with Crippen molar-refractivity contribution in [1.82, 2.24) is 4.90 Å². The number of rotatable bonds is 6. The van der Waals surface area contributed by atoms with Crippen LogP contribution in [0.2, 0.25) is 5.02 Å². The summed E-state index contributed by atoms with van der Waals surface area (Å²) in [4.78, 5) is 13.9. The maximum atomic E-state index is 12.0. The van der Waals surface area contributed by atoms with Crippen molar-refractivity contribution < 1.29 is 9.53 Å². The highest BCUT2D eigenvalue weighted by atomic mass is 35.5. The zero-order valence-corrected chi connectivity index (χ0v) is 13.2. The highest BCUT2D eigenvalue weighted by molar-refractivity contribution is 6.30. The molecule has 0 bridgehead atoms. The van der Waals surface area contributed by atoms with Crippen molar-refractivity contribution in [2.45, 2.75) is 38.6 Å². The first-order valence-electron chi connectivity index (χ1n) is 7.54. The first-order valence-corrected chi connectivity index (χ1v) is 7.92. The molecule has 1 heterocycles. The number of halogens is 1. The van der Waals surface area contributed by atoms with Gasteiger partial charge in [0.1, 0.15) is 5.75 Å². The molecular formula is C16H23ClN2O2. The molecule has 1 aliphatic rings. The van der Waals surface area contributed by atoms with E-state index in [-0.39, 0.29) is 18.6 Å². The average molecular weight is 311 g/mol. The van der Waals surface area contributed by atoms with E-state index in [4.69, 9.17) is 22.1 Å². The molecule has 1 amide bonds. The summed E-state index contributed by atoms with van der Waals surface area (Å²) in [5.74, 6) is 0.754. The van der Waals surface area contributed by atoms with Crippen molar-refractivity contribution >= 4 is 17.5 Å². The van der Waals surface area contributed by atoms with E-state index in [0.717, 1.165) is 37.9 Å². The molecule has 1 aromatic rings. The second-order valence-corrected chi connectivity index (χ2v) is 5.94. The summed E-state index contributed by atoms with van der Waals surface area (Å²) in [6.45, 7) is 3.81. The van der Waals surface area contributed by atoms with E-state index < -0.39 is 0 Å². The van der Waals surface area contributed by atoms with Crippen LogP contribution in [-0.4, -0.2) is 36.5 Å². The second kappa shape index (κ2) is 7.66. The SMILES string of the molecule is CCC(N)Cc1cc(Cl)ccc1OCC(=O)N1CCCC1. The normalized spacial score (nSPS) is 16.0. The number of benzene rings is 1. The van der Waals surface area contributed by atoms with Gasteiger partial charge in [0, 0.05) is 24.2 Å². The summed E-state index contributed by atoms with van der Waals surface area (Å²) in [6, 6.07) is 5.53. The number of carbonyl (C=O) groups is 1. The van der Waals surface area contributed by atoms with E-state index in [1.807, 2.05) is 24.0 Å². The topological polar surface area (TPSA) is 55.6 Å². The lowest BCUT2D eigenvalue weighted by atomic mass is 10.0. The van der Waals surface area contributed by atoms with Crippen LogP contribution in [0, 0.1) is 0 Å². The van der Waals surface area contributed by atoms with Gasteiger partial charge in [0.25, 0.3) is 5.91 Å². The summed E-state index contributed by atoms with van der Waals surface area (Å²) < 4.78 is 5.71. The van der Waals surface area contributed by atoms with Gasteiger partial charge in [-0.3, -0.25) is 4.79 Å². The Hall–Kier alpha value is -1.26. The Balaban J connectivity index is 1.99. The third-order valence-electron chi connectivity index (χ3n) is 3.84. The molecule has 5 heteroatoms. The van der Waals surface area contributed by atoms with E-state index in [1.165, 1.54) is 0 Å². The Morgan fingerprint density at radius 2 is 2.14 bits per heavy atom. The highest BCUT2D eigenvalue weighted by Gasteiger charge is 2.19. The van der Waals surface area contributed by atoms with Crippen molar-refractivity contribution in [3.8, 4) is 5.75 Å². The minimum atomic E-state index is 0.0492. The van der Waals surface area contributed by atoms with E-state index in [1.54, 1.807) is 6.07 Å². The number of hydrogen-bond acceptors (Lipinski definition) is 3. The lowest BCUT2D eigenvalue weighted by molar-refractivity contribution is -0.132. The van der Waals surface area contributed by atoms with Gasteiger partial charge in [-0.2, -0.15) is 0 Å². The first kappa shape index (κ1) is 16.1. The van der Waals surface area contributed by atoms with Gasteiger partial charge in [-0.05, 0) is 49.4 Å². The van der Waals surface area contributed by atoms with Gasteiger partial charge in [-0.25, -0.2) is 0 Å². The fourth-order valence-electron chi connectivity index (χ4n) is 2.47. The smallest absolute Gasteiger partial charge is 0.260 e. The van der Waals surface area contributed by atoms with E-state index >= 15 is 0 Å². The van der Waals surface area contributed by atoms with Crippen LogP contribution in [0.4, 0.5) is 0 Å². The second-order valence-electron chi connectivity index (χ2n) is 5.50. The fourth-order valence-corrected chi connectivity index (χ4v) is 2.67. The Morgan fingerprint density at radius 3 is 2.81 bits per heavy atom. The van der Waals surface area contributed by atoms with Crippen LogP contribution in [0.15, 0.2) is 18.2 Å². The van der Waals surface area contributed by atoms with Crippen LogP contribution in [0.5, 0.6) is 5.75 Å². The number of carbonyl (C=O) groups excluding carboxylic acids is 1. The molecule has 4 nitrogen and oxygen atoms in total. The molecule has 116 valence electrons. The molecule has 0 saturated carbocycles. The van der Waals surface area contributed by atoms with Crippen LogP contribution < -0.4 is 10.5 Å². The van der Waals surface area contributed by atoms with E-state index in [0.29, 0.717) is 17.2 Å². The van der Waals surface area contributed by atoms with Gasteiger partial charge >= 0.3 is 0 Å². The molecule has 0 aliphatic carbocycles. The lowest BCUT2D eigenvalue weighted by Gasteiger charge is -2.18. The van der Waals surface area contributed by atoms with Crippen molar-refractivity contribution in [3.63, 3.8) is 0 Å². The number of amides is 1. The number of nitrogens with two attached hydrogens (primary N) is 1. The van der Waals surface area contributed by atoms with Gasteiger partial charge in [0.15, 0.2) is 6.61 Å². The zero-order valence-electron chi connectivity index (χ0n) is 12.5. The van der Waals surface area contributed by atoms with Crippen LogP contribution in [0.25, 0.3) is 0 Å². The molecular weight excluding hydrogens is 288 g/mol. The summed E-state index contributed by atoms with van der Waals surface area (Å²) in [5, 5.41) is 0.659. The number of ether oxygens (including phenoxy) is 1. The molecule has 2 rings (SSSR count). The van der Waals surface area contributed by atoms with Crippen molar-refractivity contribution in [3.05, 3.63) is 28.8 Å². The van der Waals surface area contributed by atoms with Crippen molar-refractivity contribution in [2.75, 3.05) is 19.7 Å². The molecule has 0 aromatic heterocycles. The third-order valence-corrected chi connectivity index (χ3v) is 4.07. The zero-order chi connectivity index (χ0) is 15.2. The van der Waals surface area contributed by atoms with Crippen LogP contribution in [0.1, 0.15) is 31.7 Å². The van der Waals surface area contributed by atoms with Crippen LogP contribution in [0.3, 0.4) is 0 Å². The van der Waals surface area contributed by atoms with Crippen LogP contribution in [-0.2, 0) is 11.2 Å². The molecule has 1 fully saturated rings. The van der Waals surface area contributed by atoms with Gasteiger partial charge < -0.3 is 15.4 Å². The largest absolute Gasteiger partial charge is 0.483 e. The number of likely N-dealkylation sites (tertiary alicyclic amines) is 1. The summed E-state index contributed by atoms with van der Waals surface area (Å²) in [7, 11) is 0. The van der Waals surface area contributed by atoms with Crippen LogP contribution >= 0.6 is 11.6 Å². The van der Waals surface area contributed by atoms with E-state index in [9.17, 15) is 4.79 Å². The maximum Gasteiger partial charge on any atom is 0.260 e. The summed E-state index contributed by atoms with van der Waals surface area (Å²) in [6.07, 6.45) is 3.76. The highest BCUT2D eigenvalue weighted by Crippen LogP contribution is 2.24. The summed E-state index contributed by atoms with van der Waals surface area (Å²) >= 11 is 6.04. The van der Waals surface area contributed by atoms with Crippen molar-refractivity contribution in [2.24, 2.45) is 5.73 Å². The Kier molecular flexibility index (Phi) is 5.88. The third kappa shape index (κ3) is 4.61. The molecule has 0 radical (unpaired) electrons. The lowest BCUT2D eigenvalue weighted by Crippen LogP contribution is -2.32. The minimum absolute atomic E-state index is 0.0492. The van der Waals surface area contributed by atoms with Gasteiger partial charge in [-0.15, -0.1) is 0 Å². The molecule has 0 spiro atoms. The standard InChI is InChI=1S/C16H23ClN2O2/c1-2-14(18)10-12-9-13(17)5-6-15(12)21-11-16(20)19-7-3-4-8-19/h5-6,9,14H,2-4,7-8,10-11,18H2,1H3. The monoisotopic (exact) mass is 310 g/mol. The van der Waals surface area contributed by atoms with Crippen molar-refractivity contribution in [1.29, 1.82) is 0 Å². The number of nitrogens with zero attached hydrogens (tertiary/aromatic N) is 1. The minimum Gasteiger partial charge on any atom is -0.483 e. The predicted octanol–water partition coefficient (Wildman–Crippen LogP) is 2.62. The predicted molar refractivity (Wildman–Crippen MR) is 84.7 cm³/mol. The van der Waals surface area contributed by atoms with E-state index in [2.05, 4.69) is 0 Å². The molecule has 21 heavy (non-hydrogen) atoms. The molecule has 1 aliphatic heterocycles. The first-order chi connectivity index (χ1) is 10.1. The van der Waals surface area contributed by atoms with Gasteiger partial charge in [-0.1, -0.05) is 18.5 Å². The fraction of sp³-hybridized carbons (Fsp3) is 0.562. The Labute approximate surface area is 131 Å². The molecule has 1 saturated heterocycles. The molecule has 1 aromatic carbocycles. The Bertz CT molecular complexity index is 487. The molecule has 1 atom stereocenters. The Morgan fingerprint density at radius 1 is 1.43 bits per heavy atom.